The van der Waals surface area contributed by atoms with Gasteiger partial charge in [0.2, 0.25) is 0 Å². The zero-order chi connectivity index (χ0) is 19.0. The van der Waals surface area contributed by atoms with Crippen LogP contribution in [-0.2, 0) is 11.3 Å². The molecule has 136 valence electrons. The summed E-state index contributed by atoms with van der Waals surface area (Å²) < 4.78 is 18.8. The molecule has 27 heavy (non-hydrogen) atoms. The molecule has 0 fully saturated rings. The zero-order valence-corrected chi connectivity index (χ0v) is 14.7. The minimum atomic E-state index is -0.536. The van der Waals surface area contributed by atoms with Gasteiger partial charge in [-0.3, -0.25) is 4.79 Å². The van der Waals surface area contributed by atoms with Crippen LogP contribution in [0.15, 0.2) is 77.1 Å². The molecule has 4 nitrogen and oxygen atoms in total. The van der Waals surface area contributed by atoms with Crippen LogP contribution in [0.25, 0.3) is 5.57 Å². The van der Waals surface area contributed by atoms with Crippen molar-refractivity contribution in [3.05, 3.63) is 101 Å². The SMILES string of the molecule is Cc1ccc(C2=C(O)C(=O)N(Cc3ccco3)C2c2ccc(F)cc2)cc1. The first-order valence-corrected chi connectivity index (χ1v) is 8.63. The Labute approximate surface area is 156 Å². The molecule has 0 radical (unpaired) electrons. The number of hydrogen-bond donors (Lipinski definition) is 1. The number of halogens is 1. The van der Waals surface area contributed by atoms with E-state index in [1.54, 1.807) is 24.3 Å². The molecule has 1 amide bonds. The lowest BCUT2D eigenvalue weighted by atomic mass is 9.93. The maximum atomic E-state index is 13.4. The number of carbonyl (C=O) groups is 1. The monoisotopic (exact) mass is 363 g/mol. The van der Waals surface area contributed by atoms with Crippen LogP contribution in [0.3, 0.4) is 0 Å². The van der Waals surface area contributed by atoms with Crippen LogP contribution in [0.2, 0.25) is 0 Å². The van der Waals surface area contributed by atoms with Crippen molar-refractivity contribution in [2.45, 2.75) is 19.5 Å². The van der Waals surface area contributed by atoms with Gasteiger partial charge in [0.05, 0.1) is 18.8 Å². The topological polar surface area (TPSA) is 53.7 Å². The quantitative estimate of drug-likeness (QED) is 0.726. The van der Waals surface area contributed by atoms with Crippen molar-refractivity contribution in [1.29, 1.82) is 0 Å². The summed E-state index contributed by atoms with van der Waals surface area (Å²) in [5, 5.41) is 10.6. The fourth-order valence-electron chi connectivity index (χ4n) is 3.41. The molecule has 3 aromatic rings. The van der Waals surface area contributed by atoms with Gasteiger partial charge in [-0.05, 0) is 42.3 Å². The molecule has 1 aliphatic heterocycles. The number of amides is 1. The summed E-state index contributed by atoms with van der Waals surface area (Å²) in [6, 6.07) is 16.6. The molecule has 0 saturated heterocycles. The fourth-order valence-corrected chi connectivity index (χ4v) is 3.41. The second-order valence-corrected chi connectivity index (χ2v) is 6.59. The summed E-state index contributed by atoms with van der Waals surface area (Å²) in [5.74, 6) is -0.518. The summed E-state index contributed by atoms with van der Waals surface area (Å²) in [5.41, 5.74) is 3.06. The van der Waals surface area contributed by atoms with Crippen molar-refractivity contribution in [1.82, 2.24) is 4.90 Å². The number of carbonyl (C=O) groups excluding carboxylic acids is 1. The van der Waals surface area contributed by atoms with Crippen LogP contribution in [0.4, 0.5) is 4.39 Å². The zero-order valence-electron chi connectivity index (χ0n) is 14.7. The van der Waals surface area contributed by atoms with Crippen molar-refractivity contribution < 1.29 is 18.7 Å². The highest BCUT2D eigenvalue weighted by atomic mass is 19.1. The largest absolute Gasteiger partial charge is 0.503 e. The Balaban J connectivity index is 1.82. The van der Waals surface area contributed by atoms with Crippen LogP contribution < -0.4 is 0 Å². The summed E-state index contributed by atoms with van der Waals surface area (Å²) in [4.78, 5) is 14.4. The van der Waals surface area contributed by atoms with Crippen molar-refractivity contribution in [2.75, 3.05) is 0 Å². The molecule has 1 aliphatic rings. The second kappa shape index (κ2) is 6.76. The Kier molecular flexibility index (Phi) is 4.28. The van der Waals surface area contributed by atoms with E-state index in [1.807, 2.05) is 31.2 Å². The molecule has 1 N–H and O–H groups in total. The third-order valence-electron chi connectivity index (χ3n) is 4.76. The van der Waals surface area contributed by atoms with Gasteiger partial charge in [0.15, 0.2) is 5.76 Å². The van der Waals surface area contributed by atoms with E-state index < -0.39 is 11.9 Å². The van der Waals surface area contributed by atoms with Crippen molar-refractivity contribution in [2.24, 2.45) is 0 Å². The Morgan fingerprint density at radius 1 is 1.07 bits per heavy atom. The van der Waals surface area contributed by atoms with Gasteiger partial charge in [0.25, 0.3) is 5.91 Å². The van der Waals surface area contributed by atoms with Crippen molar-refractivity contribution in [3.63, 3.8) is 0 Å². The van der Waals surface area contributed by atoms with E-state index in [0.29, 0.717) is 11.3 Å². The lowest BCUT2D eigenvalue weighted by Crippen LogP contribution is -2.29. The standard InChI is InChI=1S/C22H18FNO3/c1-14-4-6-15(7-5-14)19-20(16-8-10-17(23)11-9-16)24(22(26)21(19)25)13-18-3-2-12-27-18/h2-12,20,25H,13H2,1H3. The van der Waals surface area contributed by atoms with Gasteiger partial charge in [0.1, 0.15) is 11.6 Å². The third kappa shape index (κ3) is 3.12. The van der Waals surface area contributed by atoms with Gasteiger partial charge < -0.3 is 14.4 Å². The predicted octanol–water partition coefficient (Wildman–Crippen LogP) is 4.78. The summed E-state index contributed by atoms with van der Waals surface area (Å²) >= 11 is 0. The first-order valence-electron chi connectivity index (χ1n) is 8.63. The maximum absolute atomic E-state index is 13.4. The highest BCUT2D eigenvalue weighted by Gasteiger charge is 2.41. The van der Waals surface area contributed by atoms with Crippen molar-refractivity contribution >= 4 is 11.5 Å². The Morgan fingerprint density at radius 2 is 1.78 bits per heavy atom. The van der Waals surface area contributed by atoms with E-state index in [9.17, 15) is 14.3 Å². The number of aliphatic hydroxyl groups is 1. The van der Waals surface area contributed by atoms with Crippen LogP contribution in [0.5, 0.6) is 0 Å². The minimum Gasteiger partial charge on any atom is -0.503 e. The van der Waals surface area contributed by atoms with E-state index in [2.05, 4.69) is 0 Å². The smallest absolute Gasteiger partial charge is 0.290 e. The van der Waals surface area contributed by atoms with Gasteiger partial charge in [-0.25, -0.2) is 4.39 Å². The molecule has 4 rings (SSSR count). The molecule has 1 atom stereocenters. The molecule has 1 unspecified atom stereocenters. The highest BCUT2D eigenvalue weighted by Crippen LogP contribution is 2.43. The van der Waals surface area contributed by atoms with Crippen LogP contribution in [0, 0.1) is 12.7 Å². The summed E-state index contributed by atoms with van der Waals surface area (Å²) in [7, 11) is 0. The number of furan rings is 1. The number of aliphatic hydroxyl groups excluding tert-OH is 1. The average Bonchev–Trinajstić information content (AvgIpc) is 3.26. The van der Waals surface area contributed by atoms with Crippen LogP contribution >= 0.6 is 0 Å². The van der Waals surface area contributed by atoms with Gasteiger partial charge in [-0.2, -0.15) is 0 Å². The second-order valence-electron chi connectivity index (χ2n) is 6.59. The molecule has 0 aliphatic carbocycles. The lowest BCUT2D eigenvalue weighted by molar-refractivity contribution is -0.130. The van der Waals surface area contributed by atoms with Gasteiger partial charge in [-0.15, -0.1) is 0 Å². The Morgan fingerprint density at radius 3 is 2.41 bits per heavy atom. The Bertz CT molecular complexity index is 989. The lowest BCUT2D eigenvalue weighted by Gasteiger charge is -2.26. The molecule has 2 aromatic carbocycles. The van der Waals surface area contributed by atoms with Gasteiger partial charge >= 0.3 is 0 Å². The van der Waals surface area contributed by atoms with E-state index in [0.717, 1.165) is 16.7 Å². The number of nitrogens with zero attached hydrogens (tertiary/aromatic N) is 1. The molecule has 0 bridgehead atoms. The van der Waals surface area contributed by atoms with Crippen LogP contribution in [0.1, 0.15) is 28.5 Å². The minimum absolute atomic E-state index is 0.202. The number of rotatable bonds is 4. The predicted molar refractivity (Wildman–Crippen MR) is 99.1 cm³/mol. The summed E-state index contributed by atoms with van der Waals surface area (Å²) in [6.07, 6.45) is 1.54. The molecule has 0 saturated carbocycles. The van der Waals surface area contributed by atoms with Crippen LogP contribution in [-0.4, -0.2) is 15.9 Å². The molecule has 1 aromatic heterocycles. The van der Waals surface area contributed by atoms with Gasteiger partial charge in [-0.1, -0.05) is 42.0 Å². The number of aryl methyl sites for hydroxylation is 1. The van der Waals surface area contributed by atoms with E-state index in [1.165, 1.54) is 23.3 Å². The van der Waals surface area contributed by atoms with Gasteiger partial charge in [0, 0.05) is 5.57 Å². The molecule has 0 spiro atoms. The summed E-state index contributed by atoms with van der Waals surface area (Å²) in [6.45, 7) is 2.17. The number of benzene rings is 2. The molecule has 2 heterocycles. The normalized spacial score (nSPS) is 17.0. The highest BCUT2D eigenvalue weighted by molar-refractivity contribution is 6.05. The van der Waals surface area contributed by atoms with E-state index in [4.69, 9.17) is 4.42 Å². The molecule has 5 heteroatoms. The molecular formula is C22H18FNO3. The van der Waals surface area contributed by atoms with E-state index >= 15 is 0 Å². The fraction of sp³-hybridized carbons (Fsp3) is 0.136. The van der Waals surface area contributed by atoms with Crippen molar-refractivity contribution in [3.8, 4) is 0 Å². The number of hydrogen-bond acceptors (Lipinski definition) is 3. The molecular weight excluding hydrogens is 345 g/mol. The Hall–Kier alpha value is -3.34. The third-order valence-corrected chi connectivity index (χ3v) is 4.76. The van der Waals surface area contributed by atoms with E-state index in [-0.39, 0.29) is 18.1 Å². The first kappa shape index (κ1) is 17.1. The maximum Gasteiger partial charge on any atom is 0.290 e. The average molecular weight is 363 g/mol. The first-order chi connectivity index (χ1) is 13.0.